The van der Waals surface area contributed by atoms with Gasteiger partial charge >= 0.3 is 0 Å². The van der Waals surface area contributed by atoms with Crippen molar-refractivity contribution < 1.29 is 9.32 Å². The highest BCUT2D eigenvalue weighted by molar-refractivity contribution is 5.92. The van der Waals surface area contributed by atoms with Gasteiger partial charge in [-0.3, -0.25) is 4.79 Å². The van der Waals surface area contributed by atoms with Gasteiger partial charge in [-0.15, -0.1) is 5.10 Å². The van der Waals surface area contributed by atoms with Gasteiger partial charge in [-0.05, 0) is 29.0 Å². The lowest BCUT2D eigenvalue weighted by Gasteiger charge is -2.04. The molecule has 1 N–H and O–H groups in total. The van der Waals surface area contributed by atoms with Gasteiger partial charge in [-0.1, -0.05) is 30.3 Å². The molecule has 0 atom stereocenters. The van der Waals surface area contributed by atoms with Crippen LogP contribution in [0.3, 0.4) is 0 Å². The zero-order chi connectivity index (χ0) is 16.1. The number of nitrogens with one attached hydrogen (secondary N) is 1. The van der Waals surface area contributed by atoms with Crippen LogP contribution in [0.4, 0.5) is 0 Å². The number of nitrogens with zero attached hydrogens (tertiary/aromatic N) is 5. The molecule has 8 heteroatoms. The van der Waals surface area contributed by atoms with Crippen LogP contribution >= 0.6 is 0 Å². The van der Waals surface area contributed by atoms with Crippen LogP contribution in [0.15, 0.2) is 40.9 Å². The molecule has 8 nitrogen and oxygen atoms in total. The molecule has 1 amide bonds. The van der Waals surface area contributed by atoms with Gasteiger partial charge in [0.15, 0.2) is 11.5 Å². The Kier molecular flexibility index (Phi) is 4.41. The molecule has 23 heavy (non-hydrogen) atoms. The van der Waals surface area contributed by atoms with Gasteiger partial charge in [-0.25, -0.2) is 0 Å². The Morgan fingerprint density at radius 1 is 1.30 bits per heavy atom. The molecule has 0 aliphatic rings. The largest absolute Gasteiger partial charge is 0.361 e. The lowest BCUT2D eigenvalue weighted by atomic mass is 10.2. The maximum Gasteiger partial charge on any atom is 0.273 e. The smallest absolute Gasteiger partial charge is 0.273 e. The second kappa shape index (κ2) is 6.82. The first-order valence-corrected chi connectivity index (χ1v) is 7.34. The van der Waals surface area contributed by atoms with E-state index in [0.29, 0.717) is 11.6 Å². The number of benzene rings is 1. The maximum absolute atomic E-state index is 12.1. The van der Waals surface area contributed by atoms with Crippen LogP contribution in [0, 0.1) is 0 Å². The molecule has 0 radical (unpaired) electrons. The third-order valence-electron chi connectivity index (χ3n) is 3.23. The number of aromatic nitrogens is 5. The molecule has 3 aromatic rings. The lowest BCUT2D eigenvalue weighted by molar-refractivity contribution is 0.0940. The van der Waals surface area contributed by atoms with Crippen LogP contribution in [-0.2, 0) is 13.0 Å². The average molecular weight is 312 g/mol. The van der Waals surface area contributed by atoms with Crippen LogP contribution in [0.2, 0.25) is 0 Å². The number of tetrazole rings is 1. The predicted molar refractivity (Wildman–Crippen MR) is 80.8 cm³/mol. The molecule has 0 aliphatic heterocycles. The van der Waals surface area contributed by atoms with Crippen LogP contribution in [-0.4, -0.2) is 31.3 Å². The van der Waals surface area contributed by atoms with Gasteiger partial charge in [0, 0.05) is 12.5 Å². The standard InChI is InChI=1S/C15H16N6O2/c1-2-6-12-9-13(18-23-12)15(22)16-10-14-17-19-20-21(14)11-7-4-3-5-8-11/h3-5,7-9H,2,6,10H2,1H3,(H,16,22). The van der Waals surface area contributed by atoms with Crippen molar-refractivity contribution in [2.24, 2.45) is 0 Å². The van der Waals surface area contributed by atoms with Crippen molar-refractivity contribution in [1.82, 2.24) is 30.7 Å². The lowest BCUT2D eigenvalue weighted by Crippen LogP contribution is -2.25. The second-order valence-corrected chi connectivity index (χ2v) is 4.95. The third-order valence-corrected chi connectivity index (χ3v) is 3.23. The van der Waals surface area contributed by atoms with Gasteiger partial charge in [-0.2, -0.15) is 4.68 Å². The van der Waals surface area contributed by atoms with Gasteiger partial charge in [0.2, 0.25) is 0 Å². The van der Waals surface area contributed by atoms with E-state index < -0.39 is 0 Å². The van der Waals surface area contributed by atoms with Crippen molar-refractivity contribution in [1.29, 1.82) is 0 Å². The Morgan fingerprint density at radius 3 is 2.91 bits per heavy atom. The van der Waals surface area contributed by atoms with E-state index in [2.05, 4.69) is 26.0 Å². The van der Waals surface area contributed by atoms with Crippen molar-refractivity contribution in [2.45, 2.75) is 26.3 Å². The van der Waals surface area contributed by atoms with E-state index >= 15 is 0 Å². The molecule has 2 heterocycles. The fourth-order valence-electron chi connectivity index (χ4n) is 2.12. The van der Waals surface area contributed by atoms with Crippen molar-refractivity contribution >= 4 is 5.91 Å². The Hall–Kier alpha value is -3.03. The molecule has 0 fully saturated rings. The van der Waals surface area contributed by atoms with Crippen LogP contribution in [0.1, 0.15) is 35.4 Å². The number of carbonyl (C=O) groups is 1. The molecular formula is C15H16N6O2. The van der Waals surface area contributed by atoms with Crippen molar-refractivity contribution in [3.05, 3.63) is 53.7 Å². The van der Waals surface area contributed by atoms with E-state index in [1.165, 1.54) is 0 Å². The normalized spacial score (nSPS) is 10.7. The molecule has 0 unspecified atom stereocenters. The fourth-order valence-corrected chi connectivity index (χ4v) is 2.12. The van der Waals surface area contributed by atoms with E-state index in [4.69, 9.17) is 4.52 Å². The molecule has 2 aromatic heterocycles. The van der Waals surface area contributed by atoms with Crippen LogP contribution in [0.25, 0.3) is 5.69 Å². The monoisotopic (exact) mass is 312 g/mol. The first-order valence-electron chi connectivity index (χ1n) is 7.34. The summed E-state index contributed by atoms with van der Waals surface area (Å²) in [7, 11) is 0. The summed E-state index contributed by atoms with van der Waals surface area (Å²) >= 11 is 0. The van der Waals surface area contributed by atoms with Gasteiger partial charge in [0.1, 0.15) is 5.76 Å². The Balaban J connectivity index is 1.67. The van der Waals surface area contributed by atoms with Crippen molar-refractivity contribution in [3.63, 3.8) is 0 Å². The number of rotatable bonds is 6. The summed E-state index contributed by atoms with van der Waals surface area (Å²) in [5, 5.41) is 18.0. The molecule has 0 saturated heterocycles. The summed E-state index contributed by atoms with van der Waals surface area (Å²) in [4.78, 5) is 12.1. The SMILES string of the molecule is CCCc1cc(C(=O)NCc2nnnn2-c2ccccc2)no1. The maximum atomic E-state index is 12.1. The molecule has 0 bridgehead atoms. The highest BCUT2D eigenvalue weighted by Crippen LogP contribution is 2.08. The molecular weight excluding hydrogens is 296 g/mol. The minimum atomic E-state index is -0.321. The molecule has 0 aliphatic carbocycles. The minimum Gasteiger partial charge on any atom is -0.361 e. The molecule has 118 valence electrons. The van der Waals surface area contributed by atoms with E-state index in [1.54, 1.807) is 10.7 Å². The Labute approximate surface area is 132 Å². The molecule has 3 rings (SSSR count). The zero-order valence-electron chi connectivity index (χ0n) is 12.6. The van der Waals surface area contributed by atoms with Gasteiger partial charge < -0.3 is 9.84 Å². The summed E-state index contributed by atoms with van der Waals surface area (Å²) in [6.45, 7) is 2.22. The van der Waals surface area contributed by atoms with Crippen molar-refractivity contribution in [2.75, 3.05) is 0 Å². The van der Waals surface area contributed by atoms with E-state index in [0.717, 1.165) is 18.5 Å². The van der Waals surface area contributed by atoms with E-state index in [9.17, 15) is 4.79 Å². The Morgan fingerprint density at radius 2 is 2.13 bits per heavy atom. The van der Waals surface area contributed by atoms with E-state index in [1.807, 2.05) is 37.3 Å². The average Bonchev–Trinajstić information content (AvgIpc) is 3.23. The number of aryl methyl sites for hydroxylation is 1. The zero-order valence-corrected chi connectivity index (χ0v) is 12.6. The molecule has 0 spiro atoms. The summed E-state index contributed by atoms with van der Waals surface area (Å²) in [6.07, 6.45) is 1.69. The third kappa shape index (κ3) is 3.42. The topological polar surface area (TPSA) is 98.7 Å². The predicted octanol–water partition coefficient (Wildman–Crippen LogP) is 1.53. The number of amides is 1. The number of hydrogen-bond acceptors (Lipinski definition) is 6. The quantitative estimate of drug-likeness (QED) is 0.741. The van der Waals surface area contributed by atoms with Gasteiger partial charge in [0.05, 0.1) is 12.2 Å². The van der Waals surface area contributed by atoms with Crippen LogP contribution < -0.4 is 5.32 Å². The Bertz CT molecular complexity index is 780. The number of hydrogen-bond donors (Lipinski definition) is 1. The van der Waals surface area contributed by atoms with Gasteiger partial charge in [0.25, 0.3) is 5.91 Å². The molecule has 1 aromatic carbocycles. The first kappa shape index (κ1) is 14.9. The second-order valence-electron chi connectivity index (χ2n) is 4.95. The highest BCUT2D eigenvalue weighted by atomic mass is 16.5. The van der Waals surface area contributed by atoms with Crippen molar-refractivity contribution in [3.8, 4) is 5.69 Å². The number of carbonyl (C=O) groups excluding carboxylic acids is 1. The minimum absolute atomic E-state index is 0.191. The summed E-state index contributed by atoms with van der Waals surface area (Å²) in [5.41, 5.74) is 1.08. The fraction of sp³-hybridized carbons (Fsp3) is 0.267. The van der Waals surface area contributed by atoms with E-state index in [-0.39, 0.29) is 18.1 Å². The summed E-state index contributed by atoms with van der Waals surface area (Å²) in [5.74, 6) is 0.910. The summed E-state index contributed by atoms with van der Waals surface area (Å²) in [6, 6.07) is 11.1. The first-order chi connectivity index (χ1) is 11.3. The number of para-hydroxylation sites is 1. The molecule has 0 saturated carbocycles. The van der Waals surface area contributed by atoms with Crippen LogP contribution in [0.5, 0.6) is 0 Å². The highest BCUT2D eigenvalue weighted by Gasteiger charge is 2.14. The summed E-state index contributed by atoms with van der Waals surface area (Å²) < 4.78 is 6.67.